The minimum Gasteiger partial charge on any atom is -0.459 e. The number of unbranched alkanes of at least 4 members (excludes halogenated alkanes) is 11. The highest BCUT2D eigenvalue weighted by atomic mass is 16.5. The second-order valence-corrected chi connectivity index (χ2v) is 7.28. The van der Waals surface area contributed by atoms with Crippen molar-refractivity contribution in [2.24, 2.45) is 0 Å². The number of ether oxygens (including phenoxy) is 2. The predicted molar refractivity (Wildman–Crippen MR) is 111 cm³/mol. The van der Waals surface area contributed by atoms with Gasteiger partial charge >= 0.3 is 5.97 Å². The third-order valence-corrected chi connectivity index (χ3v) is 4.85. The van der Waals surface area contributed by atoms with Gasteiger partial charge in [-0.2, -0.15) is 0 Å². The first-order valence-electron chi connectivity index (χ1n) is 11.1. The molecule has 3 heteroatoms. The summed E-state index contributed by atoms with van der Waals surface area (Å²) in [6.45, 7) is 9.51. The van der Waals surface area contributed by atoms with Gasteiger partial charge in [0.1, 0.15) is 6.10 Å². The predicted octanol–water partition coefficient (Wildman–Crippen LogP) is 6.99. The average molecular weight is 369 g/mol. The van der Waals surface area contributed by atoms with Crippen molar-refractivity contribution in [1.29, 1.82) is 0 Å². The van der Waals surface area contributed by atoms with Crippen molar-refractivity contribution in [3.63, 3.8) is 0 Å². The first kappa shape index (κ1) is 25.2. The van der Waals surface area contributed by atoms with Gasteiger partial charge in [-0.15, -0.1) is 0 Å². The Labute approximate surface area is 162 Å². The highest BCUT2D eigenvalue weighted by molar-refractivity contribution is 5.81. The third kappa shape index (κ3) is 18.0. The molecule has 26 heavy (non-hydrogen) atoms. The van der Waals surface area contributed by atoms with E-state index in [1.807, 2.05) is 6.92 Å². The topological polar surface area (TPSA) is 35.5 Å². The van der Waals surface area contributed by atoms with Crippen LogP contribution in [0.3, 0.4) is 0 Å². The largest absolute Gasteiger partial charge is 0.459 e. The number of carbonyl (C=O) groups excluding carboxylic acids is 1. The number of rotatable bonds is 20. The Morgan fingerprint density at radius 2 is 1.31 bits per heavy atom. The maximum atomic E-state index is 11.5. The number of esters is 1. The fourth-order valence-electron chi connectivity index (χ4n) is 3.23. The molecular weight excluding hydrogens is 324 g/mol. The molecule has 0 aromatic heterocycles. The molecule has 0 rings (SSSR count). The van der Waals surface area contributed by atoms with Crippen molar-refractivity contribution in [3.8, 4) is 0 Å². The summed E-state index contributed by atoms with van der Waals surface area (Å²) in [6.07, 6.45) is 19.8. The smallest absolute Gasteiger partial charge is 0.330 e. The van der Waals surface area contributed by atoms with Gasteiger partial charge in [-0.3, -0.25) is 0 Å². The van der Waals surface area contributed by atoms with E-state index in [4.69, 9.17) is 9.47 Å². The Hall–Kier alpha value is -0.830. The molecule has 0 aliphatic rings. The Morgan fingerprint density at radius 1 is 0.808 bits per heavy atom. The zero-order valence-electron chi connectivity index (χ0n) is 17.6. The van der Waals surface area contributed by atoms with Crippen LogP contribution in [0.5, 0.6) is 0 Å². The van der Waals surface area contributed by atoms with Gasteiger partial charge in [-0.05, 0) is 39.0 Å². The second-order valence-electron chi connectivity index (χ2n) is 7.28. The minimum absolute atomic E-state index is 0.0732. The summed E-state index contributed by atoms with van der Waals surface area (Å²) in [6, 6.07) is 0. The fraction of sp³-hybridized carbons (Fsp3) is 0.870. The van der Waals surface area contributed by atoms with Crippen LogP contribution in [0.25, 0.3) is 0 Å². The van der Waals surface area contributed by atoms with Gasteiger partial charge < -0.3 is 9.47 Å². The van der Waals surface area contributed by atoms with E-state index in [2.05, 4.69) is 13.5 Å². The molecule has 0 fully saturated rings. The molecule has 154 valence electrons. The standard InChI is InChI=1S/C23H44O3/c1-4-7-8-9-10-11-13-16-19-22(26-23(24)5-2)20-17-14-12-15-18-21-25-6-3/h5,22H,2,4,6-21H2,1,3H3. The van der Waals surface area contributed by atoms with E-state index >= 15 is 0 Å². The molecule has 0 aromatic carbocycles. The second kappa shape index (κ2) is 20.5. The summed E-state index contributed by atoms with van der Waals surface area (Å²) in [5.41, 5.74) is 0. The summed E-state index contributed by atoms with van der Waals surface area (Å²) in [5, 5.41) is 0. The van der Waals surface area contributed by atoms with Crippen molar-refractivity contribution in [2.45, 2.75) is 116 Å². The molecule has 0 aromatic rings. The molecule has 0 bridgehead atoms. The summed E-state index contributed by atoms with van der Waals surface area (Å²) < 4.78 is 10.9. The van der Waals surface area contributed by atoms with E-state index in [0.717, 1.165) is 45.3 Å². The van der Waals surface area contributed by atoms with E-state index in [1.54, 1.807) is 0 Å². The van der Waals surface area contributed by atoms with Crippen LogP contribution in [0.4, 0.5) is 0 Å². The molecule has 0 spiro atoms. The number of carbonyl (C=O) groups is 1. The van der Waals surface area contributed by atoms with Crippen LogP contribution in [0.1, 0.15) is 110 Å². The van der Waals surface area contributed by atoms with E-state index < -0.39 is 0 Å². The summed E-state index contributed by atoms with van der Waals surface area (Å²) in [7, 11) is 0. The first-order valence-corrected chi connectivity index (χ1v) is 11.1. The molecule has 1 unspecified atom stereocenters. The Balaban J connectivity index is 3.74. The maximum absolute atomic E-state index is 11.5. The lowest BCUT2D eigenvalue weighted by molar-refractivity contribution is -0.143. The minimum atomic E-state index is -0.272. The molecule has 0 saturated carbocycles. The van der Waals surface area contributed by atoms with Crippen LogP contribution < -0.4 is 0 Å². The molecular formula is C23H44O3. The maximum Gasteiger partial charge on any atom is 0.330 e. The quantitative estimate of drug-likeness (QED) is 0.132. The fourth-order valence-corrected chi connectivity index (χ4v) is 3.23. The molecule has 0 amide bonds. The van der Waals surface area contributed by atoms with E-state index in [-0.39, 0.29) is 12.1 Å². The number of hydrogen-bond acceptors (Lipinski definition) is 3. The monoisotopic (exact) mass is 368 g/mol. The van der Waals surface area contributed by atoms with Gasteiger partial charge in [0.05, 0.1) is 0 Å². The van der Waals surface area contributed by atoms with Gasteiger partial charge in [0.2, 0.25) is 0 Å². The van der Waals surface area contributed by atoms with E-state index in [1.165, 1.54) is 70.3 Å². The zero-order chi connectivity index (χ0) is 19.3. The first-order chi connectivity index (χ1) is 12.7. The number of hydrogen-bond donors (Lipinski definition) is 0. The normalized spacial score (nSPS) is 12.1. The molecule has 0 radical (unpaired) electrons. The van der Waals surface area contributed by atoms with Gasteiger partial charge in [0.15, 0.2) is 0 Å². The lowest BCUT2D eigenvalue weighted by Gasteiger charge is -2.17. The van der Waals surface area contributed by atoms with Crippen LogP contribution in [0, 0.1) is 0 Å². The van der Waals surface area contributed by atoms with Crippen LogP contribution in [0.2, 0.25) is 0 Å². The van der Waals surface area contributed by atoms with Crippen molar-refractivity contribution < 1.29 is 14.3 Å². The van der Waals surface area contributed by atoms with Gasteiger partial charge in [0.25, 0.3) is 0 Å². The SMILES string of the molecule is C=CC(=O)OC(CCCCCCCCCC)CCCCCCCOCC. The molecule has 0 N–H and O–H groups in total. The lowest BCUT2D eigenvalue weighted by atomic mass is 10.0. The Kier molecular flexibility index (Phi) is 19.8. The van der Waals surface area contributed by atoms with Gasteiger partial charge in [-0.25, -0.2) is 4.79 Å². The lowest BCUT2D eigenvalue weighted by Crippen LogP contribution is -2.17. The molecule has 0 heterocycles. The average Bonchev–Trinajstić information content (AvgIpc) is 2.65. The van der Waals surface area contributed by atoms with Crippen molar-refractivity contribution in [2.75, 3.05) is 13.2 Å². The summed E-state index contributed by atoms with van der Waals surface area (Å²) in [4.78, 5) is 11.5. The van der Waals surface area contributed by atoms with Crippen LogP contribution in [-0.4, -0.2) is 25.3 Å². The highest BCUT2D eigenvalue weighted by Gasteiger charge is 2.12. The van der Waals surface area contributed by atoms with Crippen LogP contribution in [0.15, 0.2) is 12.7 Å². The zero-order valence-corrected chi connectivity index (χ0v) is 17.6. The van der Waals surface area contributed by atoms with Crippen molar-refractivity contribution in [3.05, 3.63) is 12.7 Å². The summed E-state index contributed by atoms with van der Waals surface area (Å²) in [5.74, 6) is -0.272. The van der Waals surface area contributed by atoms with Crippen LogP contribution in [-0.2, 0) is 14.3 Å². The molecule has 1 atom stereocenters. The summed E-state index contributed by atoms with van der Waals surface area (Å²) >= 11 is 0. The Bertz CT molecular complexity index is 295. The van der Waals surface area contributed by atoms with Crippen molar-refractivity contribution in [1.82, 2.24) is 0 Å². The third-order valence-electron chi connectivity index (χ3n) is 4.85. The van der Waals surface area contributed by atoms with Gasteiger partial charge in [-0.1, -0.05) is 77.7 Å². The molecule has 0 aliphatic carbocycles. The van der Waals surface area contributed by atoms with E-state index in [9.17, 15) is 4.79 Å². The molecule has 3 nitrogen and oxygen atoms in total. The highest BCUT2D eigenvalue weighted by Crippen LogP contribution is 2.17. The van der Waals surface area contributed by atoms with Crippen LogP contribution >= 0.6 is 0 Å². The molecule has 0 aliphatic heterocycles. The van der Waals surface area contributed by atoms with E-state index in [0.29, 0.717) is 0 Å². The Morgan fingerprint density at radius 3 is 1.81 bits per heavy atom. The molecule has 0 saturated heterocycles. The van der Waals surface area contributed by atoms with Gasteiger partial charge in [0, 0.05) is 19.3 Å². The van der Waals surface area contributed by atoms with Crippen molar-refractivity contribution >= 4 is 5.97 Å².